The van der Waals surface area contributed by atoms with Gasteiger partial charge in [0.1, 0.15) is 11.6 Å². The Labute approximate surface area is 159 Å². The van der Waals surface area contributed by atoms with Crippen molar-refractivity contribution in [2.45, 2.75) is 12.0 Å². The van der Waals surface area contributed by atoms with Crippen LogP contribution in [0, 0.1) is 17.5 Å². The predicted octanol–water partition coefficient (Wildman–Crippen LogP) is 1.77. The summed E-state index contributed by atoms with van der Waals surface area (Å²) < 4.78 is 48.0. The van der Waals surface area contributed by atoms with Gasteiger partial charge in [-0.1, -0.05) is 12.1 Å². The summed E-state index contributed by atoms with van der Waals surface area (Å²) in [5, 5.41) is 11.8. The minimum Gasteiger partial charge on any atom is -0.493 e. The van der Waals surface area contributed by atoms with Crippen LogP contribution in [0.2, 0.25) is 0 Å². The Morgan fingerprint density at radius 1 is 1.21 bits per heavy atom. The monoisotopic (exact) mass is 395 g/mol. The molecule has 0 aliphatic carbocycles. The van der Waals surface area contributed by atoms with Crippen molar-refractivity contribution in [2.24, 2.45) is 0 Å². The number of amides is 1. The lowest BCUT2D eigenvalue weighted by atomic mass is 9.96. The molecule has 0 aromatic heterocycles. The topological polar surface area (TPSA) is 82.6 Å². The quantitative estimate of drug-likeness (QED) is 0.599. The molecule has 1 fully saturated rings. The minimum atomic E-state index is -1.37. The highest BCUT2D eigenvalue weighted by Gasteiger charge is 2.28. The summed E-state index contributed by atoms with van der Waals surface area (Å²) in [6.45, 7) is 0.376. The van der Waals surface area contributed by atoms with E-state index < -0.39 is 41.6 Å². The molecule has 2 aromatic carbocycles. The average molecular weight is 395 g/mol. The van der Waals surface area contributed by atoms with Crippen LogP contribution in [-0.4, -0.2) is 37.8 Å². The lowest BCUT2D eigenvalue weighted by Crippen LogP contribution is -2.32. The van der Waals surface area contributed by atoms with Crippen molar-refractivity contribution in [3.05, 3.63) is 64.5 Å². The molecule has 1 heterocycles. The van der Waals surface area contributed by atoms with Crippen molar-refractivity contribution in [1.82, 2.24) is 16.2 Å². The third-order valence-electron chi connectivity index (χ3n) is 4.67. The number of methoxy groups -OCH3 is 1. The van der Waals surface area contributed by atoms with E-state index in [0.29, 0.717) is 18.7 Å². The zero-order valence-electron chi connectivity index (χ0n) is 15.1. The van der Waals surface area contributed by atoms with Crippen LogP contribution in [-0.2, 0) is 0 Å². The number of hydrazine groups is 1. The SMILES string of the molecule is COc1c(C2CNNC2)ccc(C(=O)N[C@H](CO)c2c(F)cccc2F)c1F. The lowest BCUT2D eigenvalue weighted by Gasteiger charge is -2.20. The van der Waals surface area contributed by atoms with Crippen LogP contribution >= 0.6 is 0 Å². The van der Waals surface area contributed by atoms with Gasteiger partial charge >= 0.3 is 0 Å². The fourth-order valence-electron chi connectivity index (χ4n) is 3.25. The molecule has 2 aromatic rings. The molecule has 28 heavy (non-hydrogen) atoms. The molecule has 1 aliphatic heterocycles. The van der Waals surface area contributed by atoms with E-state index in [9.17, 15) is 23.1 Å². The fraction of sp³-hybridized carbons (Fsp3) is 0.316. The number of rotatable bonds is 6. The van der Waals surface area contributed by atoms with E-state index in [1.165, 1.54) is 19.2 Å². The molecular formula is C19H20F3N3O3. The molecule has 0 radical (unpaired) electrons. The van der Waals surface area contributed by atoms with Gasteiger partial charge in [0, 0.05) is 30.1 Å². The van der Waals surface area contributed by atoms with Gasteiger partial charge in [0.25, 0.3) is 5.91 Å². The Balaban J connectivity index is 1.89. The maximum absolute atomic E-state index is 14.9. The Morgan fingerprint density at radius 2 is 1.86 bits per heavy atom. The molecule has 1 atom stereocenters. The van der Waals surface area contributed by atoms with Crippen molar-refractivity contribution in [3.8, 4) is 5.75 Å². The predicted molar refractivity (Wildman–Crippen MR) is 95.3 cm³/mol. The molecule has 1 amide bonds. The number of aliphatic hydroxyl groups excluding tert-OH is 1. The molecule has 0 unspecified atom stereocenters. The Kier molecular flexibility index (Phi) is 6.18. The summed E-state index contributed by atoms with van der Waals surface area (Å²) in [4.78, 5) is 12.5. The molecule has 6 nitrogen and oxygen atoms in total. The van der Waals surface area contributed by atoms with Crippen LogP contribution in [0.4, 0.5) is 13.2 Å². The molecule has 1 aliphatic rings. The fourth-order valence-corrected chi connectivity index (χ4v) is 3.25. The number of carbonyl (C=O) groups is 1. The maximum Gasteiger partial charge on any atom is 0.254 e. The van der Waals surface area contributed by atoms with Crippen LogP contribution in [0.25, 0.3) is 0 Å². The van der Waals surface area contributed by atoms with Crippen molar-refractivity contribution in [2.75, 3.05) is 26.8 Å². The van der Waals surface area contributed by atoms with Gasteiger partial charge in [-0.2, -0.15) is 0 Å². The van der Waals surface area contributed by atoms with Gasteiger partial charge in [0.05, 0.1) is 25.3 Å². The standard InChI is InChI=1S/C19H20F3N3O3/c1-28-18-11(10-7-23-24-8-10)5-6-12(17(18)22)19(27)25-15(9-26)16-13(20)3-2-4-14(16)21/h2-6,10,15,23-24,26H,7-9H2,1H3,(H,25,27)/t15-/m1/s1. The third kappa shape index (κ3) is 3.82. The number of hydrogen-bond donors (Lipinski definition) is 4. The number of hydrogen-bond acceptors (Lipinski definition) is 5. The lowest BCUT2D eigenvalue weighted by molar-refractivity contribution is 0.0909. The first-order chi connectivity index (χ1) is 13.5. The molecule has 0 saturated carbocycles. The van der Waals surface area contributed by atoms with Crippen molar-refractivity contribution in [1.29, 1.82) is 0 Å². The van der Waals surface area contributed by atoms with Gasteiger partial charge in [-0.25, -0.2) is 13.2 Å². The highest BCUT2D eigenvalue weighted by atomic mass is 19.1. The first kappa shape index (κ1) is 20.1. The largest absolute Gasteiger partial charge is 0.493 e. The number of halogens is 3. The zero-order chi connectivity index (χ0) is 20.3. The molecule has 3 rings (SSSR count). The summed E-state index contributed by atoms with van der Waals surface area (Å²) in [7, 11) is 1.30. The number of aliphatic hydroxyl groups is 1. The molecular weight excluding hydrogens is 375 g/mol. The van der Waals surface area contributed by atoms with Gasteiger partial charge in [0.15, 0.2) is 11.6 Å². The van der Waals surface area contributed by atoms with Crippen molar-refractivity contribution >= 4 is 5.91 Å². The van der Waals surface area contributed by atoms with E-state index in [1.54, 1.807) is 6.07 Å². The number of benzene rings is 2. The van der Waals surface area contributed by atoms with E-state index >= 15 is 0 Å². The van der Waals surface area contributed by atoms with Gasteiger partial charge < -0.3 is 15.2 Å². The van der Waals surface area contributed by atoms with Crippen LogP contribution in [0.3, 0.4) is 0 Å². The van der Waals surface area contributed by atoms with Crippen LogP contribution in [0.15, 0.2) is 30.3 Å². The Bertz CT molecular complexity index is 853. The molecule has 4 N–H and O–H groups in total. The van der Waals surface area contributed by atoms with Crippen LogP contribution in [0.5, 0.6) is 5.75 Å². The molecule has 1 saturated heterocycles. The second kappa shape index (κ2) is 8.59. The van der Waals surface area contributed by atoms with Crippen molar-refractivity contribution in [3.63, 3.8) is 0 Å². The first-order valence-corrected chi connectivity index (χ1v) is 8.65. The highest BCUT2D eigenvalue weighted by molar-refractivity contribution is 5.95. The molecule has 9 heteroatoms. The van der Waals surface area contributed by atoms with E-state index in [2.05, 4.69) is 16.2 Å². The average Bonchev–Trinajstić information content (AvgIpc) is 3.21. The van der Waals surface area contributed by atoms with E-state index in [0.717, 1.165) is 12.1 Å². The molecule has 0 bridgehead atoms. The minimum absolute atomic E-state index is 0.0424. The van der Waals surface area contributed by atoms with Gasteiger partial charge in [-0.05, 0) is 18.2 Å². The number of nitrogens with one attached hydrogen (secondary N) is 3. The zero-order valence-corrected chi connectivity index (χ0v) is 15.1. The second-order valence-corrected chi connectivity index (χ2v) is 6.35. The Hall–Kier alpha value is -2.62. The van der Waals surface area contributed by atoms with Gasteiger partial charge in [0.2, 0.25) is 0 Å². The van der Waals surface area contributed by atoms with Crippen molar-refractivity contribution < 1.29 is 27.8 Å². The summed E-state index contributed by atoms with van der Waals surface area (Å²) in [6.07, 6.45) is 0. The van der Waals surface area contributed by atoms with Gasteiger partial charge in [-0.15, -0.1) is 0 Å². The normalized spacial score (nSPS) is 15.5. The maximum atomic E-state index is 14.9. The smallest absolute Gasteiger partial charge is 0.254 e. The number of ether oxygens (including phenoxy) is 1. The summed E-state index contributed by atoms with van der Waals surface area (Å²) in [5.74, 6) is -3.76. The Morgan fingerprint density at radius 3 is 2.43 bits per heavy atom. The van der Waals surface area contributed by atoms with Crippen LogP contribution in [0.1, 0.15) is 33.4 Å². The molecule has 0 spiro atoms. The highest BCUT2D eigenvalue weighted by Crippen LogP contribution is 2.32. The summed E-state index contributed by atoms with van der Waals surface area (Å²) in [6, 6.07) is 4.67. The van der Waals surface area contributed by atoms with Crippen LogP contribution < -0.4 is 20.9 Å². The summed E-state index contributed by atoms with van der Waals surface area (Å²) >= 11 is 0. The van der Waals surface area contributed by atoms with Gasteiger partial charge in [-0.3, -0.25) is 15.6 Å². The van der Waals surface area contributed by atoms with E-state index in [1.807, 2.05) is 0 Å². The van der Waals surface area contributed by atoms with E-state index in [-0.39, 0.29) is 17.2 Å². The molecule has 150 valence electrons. The third-order valence-corrected chi connectivity index (χ3v) is 4.67. The second-order valence-electron chi connectivity index (χ2n) is 6.35. The summed E-state index contributed by atoms with van der Waals surface area (Å²) in [5.41, 5.74) is 5.61. The number of carbonyl (C=O) groups excluding carboxylic acids is 1. The van der Waals surface area contributed by atoms with E-state index in [4.69, 9.17) is 4.74 Å². The first-order valence-electron chi connectivity index (χ1n) is 8.65.